The molecule has 1 saturated heterocycles. The molecule has 6 heteroatoms. The van der Waals surface area contributed by atoms with E-state index in [1.807, 2.05) is 25.7 Å². The maximum atomic E-state index is 12.0. The van der Waals surface area contributed by atoms with Gasteiger partial charge in [-0.05, 0) is 19.8 Å². The molecule has 2 rings (SSSR count). The molecule has 1 N–H and O–H groups in total. The fraction of sp³-hybridized carbons (Fsp3) is 0.643. The number of hydrogen-bond donors (Lipinski definition) is 1. The number of nitrogens with one attached hydrogen (secondary N) is 1. The van der Waals surface area contributed by atoms with Crippen molar-refractivity contribution in [1.29, 1.82) is 0 Å². The van der Waals surface area contributed by atoms with Gasteiger partial charge in [0.1, 0.15) is 22.8 Å². The summed E-state index contributed by atoms with van der Waals surface area (Å²) in [7, 11) is 1.66. The van der Waals surface area contributed by atoms with Gasteiger partial charge >= 0.3 is 0 Å². The number of carbonyl (C=O) groups excluding carboxylic acids is 1. The minimum absolute atomic E-state index is 0.0303. The van der Waals surface area contributed by atoms with Crippen LogP contribution in [0.25, 0.3) is 0 Å². The van der Waals surface area contributed by atoms with Gasteiger partial charge in [0.25, 0.3) is 0 Å². The zero-order chi connectivity index (χ0) is 14.9. The molecule has 20 heavy (non-hydrogen) atoms. The highest BCUT2D eigenvalue weighted by Crippen LogP contribution is 2.31. The average molecular weight is 297 g/mol. The Morgan fingerprint density at radius 1 is 1.45 bits per heavy atom. The molecular weight excluding hydrogens is 276 g/mol. The van der Waals surface area contributed by atoms with E-state index in [1.165, 1.54) is 0 Å². The topological polar surface area (TPSA) is 58.1 Å². The molecule has 1 amide bonds. The van der Waals surface area contributed by atoms with Crippen molar-refractivity contribution >= 4 is 23.3 Å². The van der Waals surface area contributed by atoms with Gasteiger partial charge in [-0.3, -0.25) is 4.79 Å². The van der Waals surface area contributed by atoms with Crippen molar-refractivity contribution in [3.63, 3.8) is 0 Å². The lowest BCUT2D eigenvalue weighted by Gasteiger charge is -2.26. The number of likely N-dealkylation sites (N-methyl/N-ethyl adjacent to an activating group) is 1. The van der Waals surface area contributed by atoms with Crippen LogP contribution >= 0.6 is 11.6 Å². The van der Waals surface area contributed by atoms with Gasteiger partial charge in [-0.25, -0.2) is 9.97 Å². The third kappa shape index (κ3) is 2.73. The van der Waals surface area contributed by atoms with Crippen LogP contribution in [0.3, 0.4) is 0 Å². The van der Waals surface area contributed by atoms with E-state index in [1.54, 1.807) is 7.05 Å². The SMILES string of the molecule is CNC(=O)C1CCCN1c1nc(C(C)C)nc(Cl)c1C. The summed E-state index contributed by atoms with van der Waals surface area (Å²) in [5.74, 6) is 1.74. The first-order valence-corrected chi connectivity index (χ1v) is 7.35. The van der Waals surface area contributed by atoms with Gasteiger partial charge in [0.05, 0.1) is 0 Å². The number of amides is 1. The minimum atomic E-state index is -0.162. The number of carbonyl (C=O) groups is 1. The lowest BCUT2D eigenvalue weighted by atomic mass is 10.2. The van der Waals surface area contributed by atoms with Gasteiger partial charge in [0.15, 0.2) is 0 Å². The predicted molar refractivity (Wildman–Crippen MR) is 80.3 cm³/mol. The first kappa shape index (κ1) is 15.0. The van der Waals surface area contributed by atoms with E-state index in [0.717, 1.165) is 36.6 Å². The van der Waals surface area contributed by atoms with Crippen LogP contribution in [0, 0.1) is 6.92 Å². The lowest BCUT2D eigenvalue weighted by Crippen LogP contribution is -2.42. The number of aromatic nitrogens is 2. The maximum absolute atomic E-state index is 12.0. The van der Waals surface area contributed by atoms with Gasteiger partial charge in [-0.2, -0.15) is 0 Å². The van der Waals surface area contributed by atoms with Crippen molar-refractivity contribution in [3.05, 3.63) is 16.5 Å². The molecule has 1 aliphatic heterocycles. The highest BCUT2D eigenvalue weighted by atomic mass is 35.5. The second-order valence-electron chi connectivity index (χ2n) is 5.44. The summed E-state index contributed by atoms with van der Waals surface area (Å²) >= 11 is 6.22. The van der Waals surface area contributed by atoms with Gasteiger partial charge < -0.3 is 10.2 Å². The monoisotopic (exact) mass is 296 g/mol. The first-order chi connectivity index (χ1) is 9.45. The molecule has 1 aromatic rings. The Bertz CT molecular complexity index is 518. The van der Waals surface area contributed by atoms with Gasteiger partial charge in [0, 0.05) is 25.1 Å². The van der Waals surface area contributed by atoms with Crippen LogP contribution in [0.4, 0.5) is 5.82 Å². The van der Waals surface area contributed by atoms with Crippen LogP contribution in [0.15, 0.2) is 0 Å². The highest BCUT2D eigenvalue weighted by Gasteiger charge is 2.32. The molecule has 2 heterocycles. The third-order valence-corrected chi connectivity index (χ3v) is 4.04. The zero-order valence-corrected chi connectivity index (χ0v) is 13.2. The van der Waals surface area contributed by atoms with E-state index in [4.69, 9.17) is 11.6 Å². The number of anilines is 1. The highest BCUT2D eigenvalue weighted by molar-refractivity contribution is 6.30. The summed E-state index contributed by atoms with van der Waals surface area (Å²) in [4.78, 5) is 23.0. The summed E-state index contributed by atoms with van der Waals surface area (Å²) in [5, 5.41) is 3.19. The van der Waals surface area contributed by atoms with Gasteiger partial charge in [0.2, 0.25) is 5.91 Å². The number of rotatable bonds is 3. The minimum Gasteiger partial charge on any atom is -0.357 e. The largest absolute Gasteiger partial charge is 0.357 e. The standard InChI is InChI=1S/C14H21ClN4O/c1-8(2)12-17-11(15)9(3)13(18-12)19-7-5-6-10(19)14(20)16-4/h8,10H,5-7H2,1-4H3,(H,16,20). The fourth-order valence-corrected chi connectivity index (χ4v) is 2.66. The Morgan fingerprint density at radius 2 is 2.15 bits per heavy atom. The summed E-state index contributed by atoms with van der Waals surface area (Å²) < 4.78 is 0. The maximum Gasteiger partial charge on any atom is 0.242 e. The molecule has 1 unspecified atom stereocenters. The molecule has 0 spiro atoms. The van der Waals surface area contributed by atoms with Crippen molar-refractivity contribution in [2.75, 3.05) is 18.5 Å². The summed E-state index contributed by atoms with van der Waals surface area (Å²) in [6.45, 7) is 6.79. The van der Waals surface area contributed by atoms with Crippen LogP contribution in [0.5, 0.6) is 0 Å². The Balaban J connectivity index is 2.43. The van der Waals surface area contributed by atoms with Crippen LogP contribution in [-0.4, -0.2) is 35.5 Å². The van der Waals surface area contributed by atoms with E-state index in [-0.39, 0.29) is 17.9 Å². The Morgan fingerprint density at radius 3 is 2.75 bits per heavy atom. The summed E-state index contributed by atoms with van der Waals surface area (Å²) in [6, 6.07) is -0.162. The molecule has 110 valence electrons. The molecule has 0 bridgehead atoms. The molecular formula is C14H21ClN4O. The molecule has 0 saturated carbocycles. The molecule has 1 fully saturated rings. The molecule has 0 radical (unpaired) electrons. The molecule has 1 aliphatic rings. The second-order valence-corrected chi connectivity index (χ2v) is 5.80. The van der Waals surface area contributed by atoms with E-state index < -0.39 is 0 Å². The van der Waals surface area contributed by atoms with Crippen LogP contribution in [0.2, 0.25) is 5.15 Å². The zero-order valence-electron chi connectivity index (χ0n) is 12.4. The smallest absolute Gasteiger partial charge is 0.242 e. The van der Waals surface area contributed by atoms with Crippen molar-refractivity contribution in [3.8, 4) is 0 Å². The number of hydrogen-bond acceptors (Lipinski definition) is 4. The van der Waals surface area contributed by atoms with Crippen LogP contribution in [0.1, 0.15) is 44.0 Å². The summed E-state index contributed by atoms with van der Waals surface area (Å²) in [6.07, 6.45) is 1.83. The Hall–Kier alpha value is -1.36. The first-order valence-electron chi connectivity index (χ1n) is 6.98. The second kappa shape index (κ2) is 5.95. The Labute approximate surface area is 124 Å². The normalized spacial score (nSPS) is 18.7. The molecule has 5 nitrogen and oxygen atoms in total. The number of halogens is 1. The van der Waals surface area contributed by atoms with Gasteiger partial charge in [-0.15, -0.1) is 0 Å². The van der Waals surface area contributed by atoms with Crippen molar-refractivity contribution in [1.82, 2.24) is 15.3 Å². The van der Waals surface area contributed by atoms with Crippen LogP contribution in [-0.2, 0) is 4.79 Å². The fourth-order valence-electron chi connectivity index (χ4n) is 2.49. The van der Waals surface area contributed by atoms with E-state index in [9.17, 15) is 4.79 Å². The van der Waals surface area contributed by atoms with Gasteiger partial charge in [-0.1, -0.05) is 25.4 Å². The predicted octanol–water partition coefficient (Wildman–Crippen LogP) is 2.28. The van der Waals surface area contributed by atoms with Crippen molar-refractivity contribution in [2.45, 2.75) is 45.6 Å². The van der Waals surface area contributed by atoms with E-state index in [2.05, 4.69) is 15.3 Å². The summed E-state index contributed by atoms with van der Waals surface area (Å²) in [5.41, 5.74) is 0.840. The molecule has 0 aromatic carbocycles. The Kier molecular flexibility index (Phi) is 4.48. The van der Waals surface area contributed by atoms with E-state index in [0.29, 0.717) is 5.15 Å². The van der Waals surface area contributed by atoms with E-state index >= 15 is 0 Å². The quantitative estimate of drug-likeness (QED) is 0.870. The molecule has 1 atom stereocenters. The average Bonchev–Trinajstić information content (AvgIpc) is 2.89. The molecule has 1 aromatic heterocycles. The van der Waals surface area contributed by atoms with Crippen molar-refractivity contribution in [2.24, 2.45) is 0 Å². The lowest BCUT2D eigenvalue weighted by molar-refractivity contribution is -0.121. The van der Waals surface area contributed by atoms with Crippen molar-refractivity contribution < 1.29 is 4.79 Å². The number of nitrogens with zero attached hydrogens (tertiary/aromatic N) is 3. The molecule has 0 aliphatic carbocycles. The van der Waals surface area contributed by atoms with Crippen LogP contribution < -0.4 is 10.2 Å². The third-order valence-electron chi connectivity index (χ3n) is 3.67.